The summed E-state index contributed by atoms with van der Waals surface area (Å²) in [6.07, 6.45) is 10.3. The van der Waals surface area contributed by atoms with E-state index in [9.17, 15) is 0 Å². The van der Waals surface area contributed by atoms with Crippen molar-refractivity contribution in [2.45, 2.75) is 75.5 Å². The molecule has 5 aromatic rings. The van der Waals surface area contributed by atoms with Gasteiger partial charge in [-0.1, -0.05) is 100.0 Å². The van der Waals surface area contributed by atoms with E-state index in [0.29, 0.717) is 5.75 Å². The zero-order valence-corrected chi connectivity index (χ0v) is 31.4. The number of hydrogen-bond acceptors (Lipinski definition) is 4. The number of rotatable bonds is 5. The van der Waals surface area contributed by atoms with Gasteiger partial charge in [0.1, 0.15) is 11.5 Å². The van der Waals surface area contributed by atoms with Crippen LogP contribution in [-0.2, 0) is 16.8 Å². The summed E-state index contributed by atoms with van der Waals surface area (Å²) in [6.45, 7) is 12.1. The zero-order chi connectivity index (χ0) is 34.3. The molecule has 49 heavy (non-hydrogen) atoms. The van der Waals surface area contributed by atoms with E-state index in [4.69, 9.17) is 22.1 Å². The third-order valence-corrected chi connectivity index (χ3v) is 12.5. The van der Waals surface area contributed by atoms with Crippen LogP contribution in [0.15, 0.2) is 95.9 Å². The van der Waals surface area contributed by atoms with Crippen molar-refractivity contribution in [3.05, 3.63) is 130 Å². The predicted octanol–water partition coefficient (Wildman–Crippen LogP) is 12.2. The van der Waals surface area contributed by atoms with Gasteiger partial charge in [-0.2, -0.15) is 12.6 Å². The molecule has 5 aromatic carbocycles. The van der Waals surface area contributed by atoms with E-state index in [1.165, 1.54) is 61.0 Å². The first kappa shape index (κ1) is 32.6. The number of methoxy groups -OCH3 is 1. The van der Waals surface area contributed by atoms with Gasteiger partial charge in [0.2, 0.25) is 0 Å². The van der Waals surface area contributed by atoms with Gasteiger partial charge < -0.3 is 9.47 Å². The average Bonchev–Trinajstić information content (AvgIpc) is 3.35. The van der Waals surface area contributed by atoms with Crippen LogP contribution in [0.4, 0.5) is 0 Å². The van der Waals surface area contributed by atoms with Crippen molar-refractivity contribution in [1.82, 2.24) is 0 Å². The fourth-order valence-corrected chi connectivity index (χ4v) is 11.2. The van der Waals surface area contributed by atoms with Gasteiger partial charge in [-0.3, -0.25) is 0 Å². The summed E-state index contributed by atoms with van der Waals surface area (Å²) in [5.41, 5.74) is 11.0. The number of benzene rings is 5. The molecule has 1 fully saturated rings. The molecule has 1 unspecified atom stereocenters. The third kappa shape index (κ3) is 5.00. The molecule has 0 bridgehead atoms. The summed E-state index contributed by atoms with van der Waals surface area (Å²) >= 11 is 6.63. The Labute approximate surface area is 301 Å². The number of ether oxygens (including phenoxy) is 2. The van der Waals surface area contributed by atoms with Crippen LogP contribution in [0, 0.1) is 17.8 Å². The molecule has 0 N–H and O–H groups in total. The summed E-state index contributed by atoms with van der Waals surface area (Å²) in [4.78, 5) is 1.24. The van der Waals surface area contributed by atoms with Crippen LogP contribution in [0.5, 0.6) is 11.5 Å². The van der Waals surface area contributed by atoms with Gasteiger partial charge in [0.25, 0.3) is 0 Å². The number of thioether (sulfide) groups is 1. The summed E-state index contributed by atoms with van der Waals surface area (Å²) in [5.74, 6) is 2.49. The Morgan fingerprint density at radius 3 is 2.10 bits per heavy atom. The minimum atomic E-state index is -0.820. The van der Waals surface area contributed by atoms with E-state index in [-0.39, 0.29) is 16.2 Å². The minimum Gasteiger partial charge on any atom is -0.497 e. The SMILES string of the molecule is COc1ccc(C2(c3ccc(C)cc3)C=Cc3c4c(c5cc(CS)c(SC)cc5c3O2)-c2ccccc2C42CC(C)(C)CC(C)(C)C2)cc1. The molecule has 1 atom stereocenters. The summed E-state index contributed by atoms with van der Waals surface area (Å²) in [5, 5.41) is 2.43. The smallest absolute Gasteiger partial charge is 0.178 e. The molecule has 0 amide bonds. The lowest BCUT2D eigenvalue weighted by Crippen LogP contribution is -2.44. The lowest BCUT2D eigenvalue weighted by molar-refractivity contribution is 0.0642. The fraction of sp³-hybridized carbons (Fsp3) is 0.333. The second-order valence-electron chi connectivity index (χ2n) is 16.1. The highest BCUT2D eigenvalue weighted by atomic mass is 32.2. The Morgan fingerprint density at radius 2 is 1.47 bits per heavy atom. The van der Waals surface area contributed by atoms with Gasteiger partial charge in [0.05, 0.1) is 7.11 Å². The molecule has 4 heteroatoms. The second kappa shape index (κ2) is 11.5. The normalized spacial score (nSPS) is 20.8. The van der Waals surface area contributed by atoms with E-state index < -0.39 is 5.60 Å². The van der Waals surface area contributed by atoms with Crippen LogP contribution >= 0.6 is 24.4 Å². The molecule has 8 rings (SSSR count). The highest BCUT2D eigenvalue weighted by molar-refractivity contribution is 7.98. The van der Waals surface area contributed by atoms with Gasteiger partial charge in [-0.15, -0.1) is 11.8 Å². The summed E-state index contributed by atoms with van der Waals surface area (Å²) < 4.78 is 13.3. The standard InChI is InChI=1S/C45H46O2S2/c1-28-12-14-30(15-13-28)45(31-16-18-32(46-6)19-17-31)21-20-34-40-39(35-22-29(24-48)38(49-7)23-36(35)41(34)47-45)33-10-8-9-11-37(33)44(40)26-42(2,3)25-43(4,5)27-44/h8-23,48H,24-27H2,1-7H3. The molecular weight excluding hydrogens is 637 g/mol. The first-order valence-electron chi connectivity index (χ1n) is 17.5. The van der Waals surface area contributed by atoms with Crippen LogP contribution in [0.2, 0.25) is 0 Å². The molecule has 0 aromatic heterocycles. The number of aryl methyl sites for hydroxylation is 1. The topological polar surface area (TPSA) is 18.5 Å². The maximum absolute atomic E-state index is 7.70. The molecule has 2 nitrogen and oxygen atoms in total. The Hall–Kier alpha value is -3.60. The Kier molecular flexibility index (Phi) is 7.63. The van der Waals surface area contributed by atoms with Gasteiger partial charge in [-0.25, -0.2) is 0 Å². The Morgan fingerprint density at radius 1 is 0.816 bits per heavy atom. The van der Waals surface area contributed by atoms with E-state index in [2.05, 4.69) is 126 Å². The predicted molar refractivity (Wildman–Crippen MR) is 211 cm³/mol. The van der Waals surface area contributed by atoms with Gasteiger partial charge in [0.15, 0.2) is 5.60 Å². The van der Waals surface area contributed by atoms with Crippen LogP contribution in [0.1, 0.15) is 85.9 Å². The average molecular weight is 683 g/mol. The van der Waals surface area contributed by atoms with Crippen molar-refractivity contribution >= 4 is 41.2 Å². The zero-order valence-electron chi connectivity index (χ0n) is 29.7. The van der Waals surface area contributed by atoms with E-state index in [1.807, 2.05) is 12.1 Å². The lowest BCUT2D eigenvalue weighted by atomic mass is 9.52. The highest BCUT2D eigenvalue weighted by Crippen LogP contribution is 2.67. The van der Waals surface area contributed by atoms with Crippen molar-refractivity contribution in [2.24, 2.45) is 10.8 Å². The first-order valence-corrected chi connectivity index (χ1v) is 19.3. The number of hydrogen-bond donors (Lipinski definition) is 1. The van der Waals surface area contributed by atoms with Crippen molar-refractivity contribution in [3.8, 4) is 22.6 Å². The number of fused-ring (bicyclic) bond motifs is 10. The largest absolute Gasteiger partial charge is 0.497 e. The van der Waals surface area contributed by atoms with E-state index in [0.717, 1.165) is 35.5 Å². The quantitative estimate of drug-likeness (QED) is 0.147. The number of thiol groups is 1. The lowest BCUT2D eigenvalue weighted by Gasteiger charge is -2.52. The van der Waals surface area contributed by atoms with Crippen LogP contribution in [0.3, 0.4) is 0 Å². The van der Waals surface area contributed by atoms with Gasteiger partial charge in [0, 0.05) is 38.1 Å². The van der Waals surface area contributed by atoms with Crippen molar-refractivity contribution in [1.29, 1.82) is 0 Å². The first-order chi connectivity index (χ1) is 23.4. The Balaban J connectivity index is 1.50. The second-order valence-corrected chi connectivity index (χ2v) is 17.3. The fourth-order valence-electron chi connectivity index (χ4n) is 10.2. The molecule has 250 valence electrons. The minimum absolute atomic E-state index is 0.133. The van der Waals surface area contributed by atoms with E-state index in [1.54, 1.807) is 18.9 Å². The molecule has 1 aliphatic heterocycles. The summed E-state index contributed by atoms with van der Waals surface area (Å²) in [7, 11) is 1.72. The Bertz CT molecular complexity index is 2120. The molecule has 1 spiro atoms. The van der Waals surface area contributed by atoms with E-state index >= 15 is 0 Å². The van der Waals surface area contributed by atoms with Crippen molar-refractivity contribution in [3.63, 3.8) is 0 Å². The maximum atomic E-state index is 7.70. The molecule has 3 aliphatic rings. The summed E-state index contributed by atoms with van der Waals surface area (Å²) in [6, 6.07) is 31.3. The van der Waals surface area contributed by atoms with Crippen molar-refractivity contribution < 1.29 is 9.47 Å². The maximum Gasteiger partial charge on any atom is 0.178 e. The molecule has 2 aliphatic carbocycles. The van der Waals surface area contributed by atoms with Gasteiger partial charge in [-0.05, 0) is 107 Å². The molecule has 0 saturated heterocycles. The van der Waals surface area contributed by atoms with Crippen LogP contribution in [0.25, 0.3) is 28.0 Å². The van der Waals surface area contributed by atoms with Gasteiger partial charge >= 0.3 is 0 Å². The monoisotopic (exact) mass is 682 g/mol. The molecule has 1 heterocycles. The highest BCUT2D eigenvalue weighted by Gasteiger charge is 2.55. The third-order valence-electron chi connectivity index (χ3n) is 11.3. The van der Waals surface area contributed by atoms with Crippen molar-refractivity contribution in [2.75, 3.05) is 13.4 Å². The van der Waals surface area contributed by atoms with Crippen LogP contribution in [-0.4, -0.2) is 13.4 Å². The molecule has 1 saturated carbocycles. The molecule has 0 radical (unpaired) electrons. The molecular formula is C45H46O2S2. The van der Waals surface area contributed by atoms with Crippen LogP contribution < -0.4 is 9.47 Å².